The van der Waals surface area contributed by atoms with Gasteiger partial charge in [-0.2, -0.15) is 0 Å². The molecule has 2 aromatic carbocycles. The van der Waals surface area contributed by atoms with Gasteiger partial charge in [0.25, 0.3) is 5.91 Å². The number of furan rings is 1. The molecule has 2 aliphatic heterocycles. The van der Waals surface area contributed by atoms with Gasteiger partial charge in [0.1, 0.15) is 12.3 Å². The molecule has 2 aliphatic rings. The molecule has 1 unspecified atom stereocenters. The van der Waals surface area contributed by atoms with Gasteiger partial charge < -0.3 is 19.2 Å². The molecule has 1 N–H and O–H groups in total. The van der Waals surface area contributed by atoms with Crippen LogP contribution in [0.3, 0.4) is 0 Å². The summed E-state index contributed by atoms with van der Waals surface area (Å²) in [5.74, 6) is 0.391. The Morgan fingerprint density at radius 2 is 1.88 bits per heavy atom. The number of aromatic nitrogens is 1. The maximum atomic E-state index is 13.9. The van der Waals surface area contributed by atoms with Crippen molar-refractivity contribution in [2.75, 3.05) is 13.1 Å². The molecule has 1 fully saturated rings. The van der Waals surface area contributed by atoms with Crippen LogP contribution in [0.15, 0.2) is 71.3 Å². The number of fused-ring (bicyclic) bond motifs is 5. The lowest BCUT2D eigenvalue weighted by Gasteiger charge is -2.51. The summed E-state index contributed by atoms with van der Waals surface area (Å²) < 4.78 is 5.45. The lowest BCUT2D eigenvalue weighted by atomic mass is 9.76. The van der Waals surface area contributed by atoms with Crippen LogP contribution in [0.25, 0.3) is 10.9 Å². The molecule has 0 radical (unpaired) electrons. The summed E-state index contributed by atoms with van der Waals surface area (Å²) >= 11 is 6.15. The fraction of sp³-hybridized carbons (Fsp3) is 0.231. The molecular weight excluding hydrogens is 438 g/mol. The van der Waals surface area contributed by atoms with E-state index in [0.717, 1.165) is 27.7 Å². The van der Waals surface area contributed by atoms with Gasteiger partial charge in [-0.1, -0.05) is 41.9 Å². The van der Waals surface area contributed by atoms with E-state index < -0.39 is 5.54 Å². The average molecular weight is 460 g/mol. The number of H-pyrrole nitrogens is 1. The van der Waals surface area contributed by atoms with Crippen LogP contribution in [0.2, 0.25) is 5.02 Å². The Balaban J connectivity index is 1.53. The van der Waals surface area contributed by atoms with Gasteiger partial charge in [0, 0.05) is 28.4 Å². The SMILES string of the molecule is C[C@]12C(=O)N(Cc3ccco3)CC(=O)N1CC(c1ccc(Cl)cc1)c1c2[nH]c2ccccc12. The van der Waals surface area contributed by atoms with Crippen molar-refractivity contribution in [3.63, 3.8) is 0 Å². The number of para-hydroxylation sites is 1. The predicted molar refractivity (Wildman–Crippen MR) is 125 cm³/mol. The summed E-state index contributed by atoms with van der Waals surface area (Å²) in [6.45, 7) is 2.56. The number of carbonyl (C=O) groups is 2. The van der Waals surface area contributed by atoms with E-state index in [1.165, 1.54) is 0 Å². The molecule has 2 amide bonds. The van der Waals surface area contributed by atoms with E-state index in [9.17, 15) is 9.59 Å². The van der Waals surface area contributed by atoms with Crippen LogP contribution in [0.4, 0.5) is 0 Å². The summed E-state index contributed by atoms with van der Waals surface area (Å²) in [5, 5.41) is 1.73. The fourth-order valence-corrected chi connectivity index (χ4v) is 5.51. The molecule has 2 atom stereocenters. The van der Waals surface area contributed by atoms with Crippen molar-refractivity contribution in [1.29, 1.82) is 0 Å². The van der Waals surface area contributed by atoms with Gasteiger partial charge >= 0.3 is 0 Å². The number of hydrogen-bond donors (Lipinski definition) is 1. The summed E-state index contributed by atoms with van der Waals surface area (Å²) in [6, 6.07) is 19.4. The number of halogens is 1. The quantitative estimate of drug-likeness (QED) is 0.485. The van der Waals surface area contributed by atoms with Gasteiger partial charge in [0.15, 0.2) is 5.54 Å². The standard InChI is InChI=1S/C26H22ClN3O3/c1-26-24-23(19-6-2-3-7-21(19)28-24)20(16-8-10-17(27)11-9-16)14-30(26)22(31)15-29(25(26)32)13-18-5-4-12-33-18/h2-12,20,28H,13-15H2,1H3/t20?,26-/m0/s1. The molecular formula is C26H22ClN3O3. The predicted octanol–water partition coefficient (Wildman–Crippen LogP) is 4.65. The molecule has 1 saturated heterocycles. The van der Waals surface area contributed by atoms with Crippen LogP contribution in [-0.4, -0.2) is 39.7 Å². The van der Waals surface area contributed by atoms with Crippen molar-refractivity contribution in [2.24, 2.45) is 0 Å². The third kappa shape index (κ3) is 2.94. The number of amides is 2. The largest absolute Gasteiger partial charge is 0.467 e. The highest BCUT2D eigenvalue weighted by Crippen LogP contribution is 2.48. The van der Waals surface area contributed by atoms with Crippen molar-refractivity contribution >= 4 is 34.3 Å². The summed E-state index contributed by atoms with van der Waals surface area (Å²) in [7, 11) is 0. The average Bonchev–Trinajstić information content (AvgIpc) is 3.47. The van der Waals surface area contributed by atoms with Crippen LogP contribution < -0.4 is 0 Å². The monoisotopic (exact) mass is 459 g/mol. The smallest absolute Gasteiger partial charge is 0.255 e. The maximum absolute atomic E-state index is 13.9. The molecule has 6 nitrogen and oxygen atoms in total. The molecule has 4 heterocycles. The van der Waals surface area contributed by atoms with E-state index in [1.807, 2.05) is 55.5 Å². The summed E-state index contributed by atoms with van der Waals surface area (Å²) in [4.78, 5) is 34.2. The Kier molecular flexibility index (Phi) is 4.42. The topological polar surface area (TPSA) is 69.6 Å². The first kappa shape index (κ1) is 20.1. The van der Waals surface area contributed by atoms with E-state index in [-0.39, 0.29) is 30.8 Å². The van der Waals surface area contributed by atoms with Crippen molar-refractivity contribution in [3.05, 3.63) is 94.5 Å². The van der Waals surface area contributed by atoms with E-state index in [4.69, 9.17) is 16.0 Å². The number of hydrogen-bond acceptors (Lipinski definition) is 3. The molecule has 166 valence electrons. The van der Waals surface area contributed by atoms with Crippen LogP contribution in [0.5, 0.6) is 0 Å². The first-order chi connectivity index (χ1) is 16.0. The zero-order valence-electron chi connectivity index (χ0n) is 18.0. The second kappa shape index (κ2) is 7.25. The Labute approximate surface area is 195 Å². The van der Waals surface area contributed by atoms with Gasteiger partial charge in [-0.3, -0.25) is 9.59 Å². The minimum Gasteiger partial charge on any atom is -0.467 e. The highest BCUT2D eigenvalue weighted by Gasteiger charge is 2.56. The minimum absolute atomic E-state index is 0.0258. The molecule has 0 bridgehead atoms. The number of piperazine rings is 1. The number of carbonyl (C=O) groups excluding carboxylic acids is 2. The van der Waals surface area contributed by atoms with E-state index in [1.54, 1.807) is 22.1 Å². The second-order valence-electron chi connectivity index (χ2n) is 8.88. The van der Waals surface area contributed by atoms with Crippen LogP contribution in [0, 0.1) is 0 Å². The zero-order valence-corrected chi connectivity index (χ0v) is 18.8. The molecule has 4 aromatic rings. The van der Waals surface area contributed by atoms with E-state index in [0.29, 0.717) is 17.3 Å². The van der Waals surface area contributed by atoms with Gasteiger partial charge in [-0.15, -0.1) is 0 Å². The lowest BCUT2D eigenvalue weighted by Crippen LogP contribution is -2.67. The van der Waals surface area contributed by atoms with Gasteiger partial charge in [0.05, 0.1) is 18.5 Å². The maximum Gasteiger partial charge on any atom is 0.255 e. The molecule has 0 spiro atoms. The second-order valence-corrected chi connectivity index (χ2v) is 9.32. The Bertz CT molecular complexity index is 1380. The number of nitrogens with one attached hydrogen (secondary N) is 1. The molecule has 33 heavy (non-hydrogen) atoms. The van der Waals surface area contributed by atoms with Crippen LogP contribution in [-0.2, 0) is 21.7 Å². The van der Waals surface area contributed by atoms with Crippen LogP contribution in [0.1, 0.15) is 35.4 Å². The molecule has 0 aliphatic carbocycles. The van der Waals surface area contributed by atoms with Gasteiger partial charge in [-0.05, 0) is 48.4 Å². The summed E-state index contributed by atoms with van der Waals surface area (Å²) in [6.07, 6.45) is 1.58. The zero-order chi connectivity index (χ0) is 22.7. The number of nitrogens with zero attached hydrogens (tertiary/aromatic N) is 2. The summed E-state index contributed by atoms with van der Waals surface area (Å²) in [5.41, 5.74) is 2.72. The van der Waals surface area contributed by atoms with E-state index >= 15 is 0 Å². The number of aromatic amines is 1. The Morgan fingerprint density at radius 1 is 1.09 bits per heavy atom. The molecule has 2 aromatic heterocycles. The van der Waals surface area contributed by atoms with Gasteiger partial charge in [0.2, 0.25) is 5.91 Å². The van der Waals surface area contributed by atoms with Crippen molar-refractivity contribution in [2.45, 2.75) is 24.9 Å². The molecule has 6 rings (SSSR count). The first-order valence-electron chi connectivity index (χ1n) is 11.0. The van der Waals surface area contributed by atoms with Crippen molar-refractivity contribution in [1.82, 2.24) is 14.8 Å². The van der Waals surface area contributed by atoms with Gasteiger partial charge in [-0.25, -0.2) is 0 Å². The van der Waals surface area contributed by atoms with Crippen molar-refractivity contribution < 1.29 is 14.0 Å². The normalized spacial score (nSPS) is 22.5. The number of benzene rings is 2. The molecule has 7 heteroatoms. The third-order valence-electron chi connectivity index (χ3n) is 7.02. The third-order valence-corrected chi connectivity index (χ3v) is 7.27. The van der Waals surface area contributed by atoms with Crippen molar-refractivity contribution in [3.8, 4) is 0 Å². The highest BCUT2D eigenvalue weighted by atomic mass is 35.5. The fourth-order valence-electron chi connectivity index (χ4n) is 5.39. The Morgan fingerprint density at radius 3 is 2.64 bits per heavy atom. The highest BCUT2D eigenvalue weighted by molar-refractivity contribution is 6.30. The lowest BCUT2D eigenvalue weighted by molar-refractivity contribution is -0.167. The van der Waals surface area contributed by atoms with E-state index in [2.05, 4.69) is 11.1 Å². The number of rotatable bonds is 3. The minimum atomic E-state index is -1.13. The molecule has 0 saturated carbocycles. The Hall–Kier alpha value is -3.51. The first-order valence-corrected chi connectivity index (χ1v) is 11.3. The van der Waals surface area contributed by atoms with Crippen LogP contribution >= 0.6 is 11.6 Å².